The van der Waals surface area contributed by atoms with Gasteiger partial charge < -0.3 is 10.1 Å². The first-order valence-corrected chi connectivity index (χ1v) is 6.49. The highest BCUT2D eigenvalue weighted by atomic mass is 32.1. The van der Waals surface area contributed by atoms with Gasteiger partial charge in [-0.3, -0.25) is 4.98 Å². The lowest BCUT2D eigenvalue weighted by molar-refractivity contribution is -0.172. The second kappa shape index (κ2) is 6.62. The Morgan fingerprint density at radius 3 is 2.80 bits per heavy atom. The zero-order valence-corrected chi connectivity index (χ0v) is 11.0. The van der Waals surface area contributed by atoms with Gasteiger partial charge in [0.25, 0.3) is 0 Å². The number of hydrogen-bond acceptors (Lipinski definition) is 6. The van der Waals surface area contributed by atoms with E-state index in [9.17, 15) is 13.2 Å². The molecule has 0 atom stereocenters. The molecule has 2 rings (SSSR count). The summed E-state index contributed by atoms with van der Waals surface area (Å²) in [5.74, 6) is 0. The SMILES string of the molecule is FC(F)(F)COCCNc1nnc(-c2ccccn2)s1. The Morgan fingerprint density at radius 1 is 1.25 bits per heavy atom. The molecule has 0 aliphatic carbocycles. The summed E-state index contributed by atoms with van der Waals surface area (Å²) in [7, 11) is 0. The van der Waals surface area contributed by atoms with E-state index in [0.717, 1.165) is 0 Å². The Morgan fingerprint density at radius 2 is 2.10 bits per heavy atom. The number of nitrogens with zero attached hydrogens (tertiary/aromatic N) is 3. The molecule has 0 unspecified atom stereocenters. The fourth-order valence-electron chi connectivity index (χ4n) is 1.31. The van der Waals surface area contributed by atoms with Crippen LogP contribution in [0.5, 0.6) is 0 Å². The Bertz CT molecular complexity index is 532. The van der Waals surface area contributed by atoms with Crippen molar-refractivity contribution in [2.24, 2.45) is 0 Å². The standard InChI is InChI=1S/C11H11F3N4OS/c12-11(13,14)7-19-6-5-16-10-18-17-9(20-10)8-3-1-2-4-15-8/h1-4H,5-7H2,(H,16,18). The lowest BCUT2D eigenvalue weighted by atomic mass is 10.4. The van der Waals surface area contributed by atoms with Gasteiger partial charge in [0.05, 0.1) is 6.61 Å². The van der Waals surface area contributed by atoms with Crippen LogP contribution in [0.2, 0.25) is 0 Å². The third kappa shape index (κ3) is 4.74. The minimum Gasteiger partial charge on any atom is -0.370 e. The highest BCUT2D eigenvalue weighted by molar-refractivity contribution is 7.18. The van der Waals surface area contributed by atoms with Gasteiger partial charge in [-0.05, 0) is 12.1 Å². The van der Waals surface area contributed by atoms with E-state index in [1.165, 1.54) is 11.3 Å². The lowest BCUT2D eigenvalue weighted by Gasteiger charge is -2.07. The maximum Gasteiger partial charge on any atom is 0.411 e. The fourth-order valence-corrected chi connectivity index (χ4v) is 2.05. The van der Waals surface area contributed by atoms with Gasteiger partial charge in [-0.25, -0.2) is 0 Å². The molecule has 2 aromatic heterocycles. The molecule has 9 heteroatoms. The zero-order valence-electron chi connectivity index (χ0n) is 10.2. The van der Waals surface area contributed by atoms with E-state index in [-0.39, 0.29) is 13.2 Å². The second-order valence-corrected chi connectivity index (χ2v) is 4.70. The number of halogens is 3. The predicted octanol–water partition coefficient (Wildman–Crippen LogP) is 2.59. The number of hydrogen-bond donors (Lipinski definition) is 1. The van der Waals surface area contributed by atoms with Crippen molar-refractivity contribution in [1.29, 1.82) is 0 Å². The summed E-state index contributed by atoms with van der Waals surface area (Å²) in [4.78, 5) is 4.13. The fraction of sp³-hybridized carbons (Fsp3) is 0.364. The van der Waals surface area contributed by atoms with Crippen molar-refractivity contribution >= 4 is 16.5 Å². The Kier molecular flexibility index (Phi) is 4.85. The Labute approximate surface area is 116 Å². The molecule has 108 valence electrons. The van der Waals surface area contributed by atoms with Crippen molar-refractivity contribution < 1.29 is 17.9 Å². The van der Waals surface area contributed by atoms with Crippen molar-refractivity contribution in [3.8, 4) is 10.7 Å². The predicted molar refractivity (Wildman–Crippen MR) is 68.5 cm³/mol. The molecule has 0 bridgehead atoms. The molecule has 5 nitrogen and oxygen atoms in total. The normalized spacial score (nSPS) is 11.6. The molecule has 0 fully saturated rings. The topological polar surface area (TPSA) is 59.9 Å². The van der Waals surface area contributed by atoms with Crippen molar-refractivity contribution in [3.05, 3.63) is 24.4 Å². The van der Waals surface area contributed by atoms with Gasteiger partial charge in [-0.15, -0.1) is 10.2 Å². The number of anilines is 1. The van der Waals surface area contributed by atoms with Crippen LogP contribution in [0.25, 0.3) is 10.7 Å². The summed E-state index contributed by atoms with van der Waals surface area (Å²) in [6.07, 6.45) is -2.65. The molecular formula is C11H11F3N4OS. The molecule has 0 spiro atoms. The van der Waals surface area contributed by atoms with Gasteiger partial charge in [0.15, 0.2) is 5.01 Å². The monoisotopic (exact) mass is 304 g/mol. The average molecular weight is 304 g/mol. The maximum atomic E-state index is 11.8. The number of nitrogens with one attached hydrogen (secondary N) is 1. The van der Waals surface area contributed by atoms with Gasteiger partial charge in [0.1, 0.15) is 12.3 Å². The van der Waals surface area contributed by atoms with E-state index in [4.69, 9.17) is 0 Å². The van der Waals surface area contributed by atoms with Crippen LogP contribution in [0.1, 0.15) is 0 Å². The Hall–Kier alpha value is -1.74. The number of rotatable bonds is 6. The molecule has 2 aromatic rings. The van der Waals surface area contributed by atoms with Crippen LogP contribution in [-0.4, -0.2) is 41.1 Å². The molecule has 0 amide bonds. The van der Waals surface area contributed by atoms with E-state index in [2.05, 4.69) is 25.2 Å². The van der Waals surface area contributed by atoms with Gasteiger partial charge in [0, 0.05) is 12.7 Å². The highest BCUT2D eigenvalue weighted by Gasteiger charge is 2.27. The summed E-state index contributed by atoms with van der Waals surface area (Å²) in [5.41, 5.74) is 0.700. The molecule has 1 N–H and O–H groups in total. The number of pyridine rings is 1. The maximum absolute atomic E-state index is 11.8. The molecule has 0 saturated carbocycles. The van der Waals surface area contributed by atoms with Gasteiger partial charge in [0.2, 0.25) is 5.13 Å². The van der Waals surface area contributed by atoms with Crippen LogP contribution in [0, 0.1) is 0 Å². The number of ether oxygens (including phenoxy) is 1. The van der Waals surface area contributed by atoms with Crippen molar-refractivity contribution in [3.63, 3.8) is 0 Å². The summed E-state index contributed by atoms with van der Waals surface area (Å²) in [5, 5.41) is 11.8. The minimum atomic E-state index is -4.30. The molecule has 0 aliphatic heterocycles. The van der Waals surface area contributed by atoms with Crippen LogP contribution in [0.3, 0.4) is 0 Å². The first-order valence-electron chi connectivity index (χ1n) is 5.68. The molecule has 0 saturated heterocycles. The van der Waals surface area contributed by atoms with Crippen LogP contribution in [-0.2, 0) is 4.74 Å². The smallest absolute Gasteiger partial charge is 0.370 e. The quantitative estimate of drug-likeness (QED) is 0.831. The summed E-state index contributed by atoms with van der Waals surface area (Å²) in [6.45, 7) is -1.07. The first kappa shape index (κ1) is 14.7. The second-order valence-electron chi connectivity index (χ2n) is 3.72. The third-order valence-corrected chi connectivity index (χ3v) is 3.00. The van der Waals surface area contributed by atoms with E-state index < -0.39 is 12.8 Å². The molecule has 0 aliphatic rings. The zero-order chi connectivity index (χ0) is 14.4. The summed E-state index contributed by atoms with van der Waals surface area (Å²) < 4.78 is 39.9. The van der Waals surface area contributed by atoms with E-state index in [1.807, 2.05) is 6.07 Å². The number of alkyl halides is 3. The van der Waals surface area contributed by atoms with Crippen molar-refractivity contribution in [2.45, 2.75) is 6.18 Å². The van der Waals surface area contributed by atoms with Crippen LogP contribution >= 0.6 is 11.3 Å². The molecule has 20 heavy (non-hydrogen) atoms. The van der Waals surface area contributed by atoms with Gasteiger partial charge >= 0.3 is 6.18 Å². The van der Waals surface area contributed by atoms with E-state index in [1.54, 1.807) is 18.3 Å². The third-order valence-electron chi connectivity index (χ3n) is 2.10. The van der Waals surface area contributed by atoms with E-state index in [0.29, 0.717) is 15.8 Å². The highest BCUT2D eigenvalue weighted by Crippen LogP contribution is 2.24. The summed E-state index contributed by atoms with van der Waals surface area (Å²) in [6, 6.07) is 5.43. The minimum absolute atomic E-state index is 0.0575. The largest absolute Gasteiger partial charge is 0.411 e. The van der Waals surface area contributed by atoms with E-state index >= 15 is 0 Å². The molecule has 0 radical (unpaired) electrons. The number of aromatic nitrogens is 3. The van der Waals surface area contributed by atoms with Gasteiger partial charge in [-0.1, -0.05) is 17.4 Å². The average Bonchev–Trinajstić information content (AvgIpc) is 2.87. The summed E-state index contributed by atoms with van der Waals surface area (Å²) >= 11 is 1.28. The van der Waals surface area contributed by atoms with Crippen molar-refractivity contribution in [2.75, 3.05) is 25.1 Å². The van der Waals surface area contributed by atoms with Crippen LogP contribution in [0.4, 0.5) is 18.3 Å². The molecular weight excluding hydrogens is 293 g/mol. The molecule has 0 aromatic carbocycles. The van der Waals surface area contributed by atoms with Crippen LogP contribution in [0.15, 0.2) is 24.4 Å². The first-order chi connectivity index (χ1) is 9.54. The van der Waals surface area contributed by atoms with Crippen molar-refractivity contribution in [1.82, 2.24) is 15.2 Å². The lowest BCUT2D eigenvalue weighted by Crippen LogP contribution is -2.20. The van der Waals surface area contributed by atoms with Crippen LogP contribution < -0.4 is 5.32 Å². The Balaban J connectivity index is 1.76. The molecule has 2 heterocycles. The van der Waals surface area contributed by atoms with Gasteiger partial charge in [-0.2, -0.15) is 13.2 Å².